The number of rotatable bonds is 7. The molecular formula is C15H16F2N4O5. The Morgan fingerprint density at radius 3 is 2.62 bits per heavy atom. The molecule has 26 heavy (non-hydrogen) atoms. The van der Waals surface area contributed by atoms with Crippen LogP contribution in [0.2, 0.25) is 0 Å². The largest absolute Gasteiger partial charge is 0.493 e. The second-order valence-electron chi connectivity index (χ2n) is 5.23. The molecule has 0 radical (unpaired) electrons. The Labute approximate surface area is 146 Å². The van der Waals surface area contributed by atoms with Gasteiger partial charge in [0, 0.05) is 11.8 Å². The fourth-order valence-corrected chi connectivity index (χ4v) is 2.28. The molecule has 1 atom stereocenters. The van der Waals surface area contributed by atoms with E-state index >= 15 is 0 Å². The van der Waals surface area contributed by atoms with Gasteiger partial charge in [-0.3, -0.25) is 19.6 Å². The van der Waals surface area contributed by atoms with Crippen LogP contribution in [0.5, 0.6) is 11.5 Å². The lowest BCUT2D eigenvalue weighted by Gasteiger charge is -2.15. The molecule has 140 valence electrons. The number of hydrogen-bond acceptors (Lipinski definition) is 6. The van der Waals surface area contributed by atoms with E-state index in [0.717, 1.165) is 6.20 Å². The number of benzene rings is 1. The van der Waals surface area contributed by atoms with E-state index in [1.54, 1.807) is 0 Å². The zero-order chi connectivity index (χ0) is 19.4. The number of hydrogen-bond donors (Lipinski definition) is 1. The molecule has 0 saturated carbocycles. The fourth-order valence-electron chi connectivity index (χ4n) is 2.28. The highest BCUT2D eigenvalue weighted by molar-refractivity contribution is 5.93. The molecule has 2 rings (SSSR count). The Hall–Kier alpha value is -3.24. The van der Waals surface area contributed by atoms with Gasteiger partial charge in [0.15, 0.2) is 11.5 Å². The summed E-state index contributed by atoms with van der Waals surface area (Å²) >= 11 is 0. The van der Waals surface area contributed by atoms with Crippen LogP contribution in [0.4, 0.5) is 20.2 Å². The Morgan fingerprint density at radius 1 is 1.38 bits per heavy atom. The van der Waals surface area contributed by atoms with Crippen LogP contribution in [0.3, 0.4) is 0 Å². The average molecular weight is 370 g/mol. The molecule has 2 aromatic rings. The van der Waals surface area contributed by atoms with E-state index in [4.69, 9.17) is 4.74 Å². The first-order chi connectivity index (χ1) is 12.2. The van der Waals surface area contributed by atoms with Gasteiger partial charge in [-0.1, -0.05) is 0 Å². The summed E-state index contributed by atoms with van der Waals surface area (Å²) in [4.78, 5) is 22.7. The van der Waals surface area contributed by atoms with Gasteiger partial charge in [0.05, 0.1) is 12.0 Å². The molecule has 0 aliphatic rings. The van der Waals surface area contributed by atoms with Gasteiger partial charge in [0.2, 0.25) is 5.91 Å². The van der Waals surface area contributed by atoms with Gasteiger partial charge in [-0.15, -0.1) is 0 Å². The van der Waals surface area contributed by atoms with Crippen LogP contribution < -0.4 is 14.8 Å². The van der Waals surface area contributed by atoms with E-state index in [0.29, 0.717) is 0 Å². The van der Waals surface area contributed by atoms with Crippen molar-refractivity contribution in [3.8, 4) is 11.5 Å². The van der Waals surface area contributed by atoms with E-state index in [9.17, 15) is 23.7 Å². The Balaban J connectivity index is 2.17. The average Bonchev–Trinajstić information content (AvgIpc) is 2.96. The summed E-state index contributed by atoms with van der Waals surface area (Å²) in [6.45, 7) is -0.0122. The summed E-state index contributed by atoms with van der Waals surface area (Å²) < 4.78 is 35.2. The highest BCUT2D eigenvalue weighted by Crippen LogP contribution is 2.31. The molecule has 0 bridgehead atoms. The molecule has 1 unspecified atom stereocenters. The number of anilines is 1. The number of alkyl halides is 2. The maximum absolute atomic E-state index is 12.4. The van der Waals surface area contributed by atoms with Crippen molar-refractivity contribution in [1.29, 1.82) is 0 Å². The Bertz CT molecular complexity index is 824. The van der Waals surface area contributed by atoms with Crippen molar-refractivity contribution in [3.63, 3.8) is 0 Å². The first-order valence-corrected chi connectivity index (χ1v) is 7.36. The Morgan fingerprint density at radius 2 is 2.08 bits per heavy atom. The zero-order valence-electron chi connectivity index (χ0n) is 14.1. The standard InChI is InChI=1S/C15H16F2N4O5/c1-8-11(21(23)24)7-18-20(8)9(2)14(22)19-10-4-5-12(26-15(16)17)13(6-10)25-3/h4-7,9,15H,1-3H3,(H,19,22). The smallest absolute Gasteiger partial charge is 0.387 e. The number of ether oxygens (including phenoxy) is 2. The second kappa shape index (κ2) is 7.76. The van der Waals surface area contributed by atoms with Crippen LogP contribution in [0.1, 0.15) is 18.7 Å². The minimum absolute atomic E-state index is 0.0154. The number of carbonyl (C=O) groups is 1. The maximum Gasteiger partial charge on any atom is 0.387 e. The van der Waals surface area contributed by atoms with E-state index in [-0.39, 0.29) is 28.6 Å². The normalized spacial score (nSPS) is 11.9. The molecule has 1 amide bonds. The minimum atomic E-state index is -3.01. The predicted molar refractivity (Wildman–Crippen MR) is 86.6 cm³/mol. The van der Waals surface area contributed by atoms with Crippen molar-refractivity contribution in [2.45, 2.75) is 26.5 Å². The number of halogens is 2. The molecule has 1 aromatic carbocycles. The number of methoxy groups -OCH3 is 1. The van der Waals surface area contributed by atoms with Crippen molar-refractivity contribution < 1.29 is 28.0 Å². The summed E-state index contributed by atoms with van der Waals surface area (Å²) in [5.41, 5.74) is 0.315. The van der Waals surface area contributed by atoms with Gasteiger partial charge < -0.3 is 14.8 Å². The topological polar surface area (TPSA) is 109 Å². The predicted octanol–water partition coefficient (Wildman–Crippen LogP) is 2.91. The van der Waals surface area contributed by atoms with E-state index < -0.39 is 23.5 Å². The number of nitro groups is 1. The van der Waals surface area contributed by atoms with Crippen molar-refractivity contribution in [3.05, 3.63) is 40.2 Å². The molecule has 0 fully saturated rings. The number of nitrogens with one attached hydrogen (secondary N) is 1. The van der Waals surface area contributed by atoms with Gasteiger partial charge in [0.25, 0.3) is 0 Å². The molecular weight excluding hydrogens is 354 g/mol. The summed E-state index contributed by atoms with van der Waals surface area (Å²) in [6, 6.07) is 3.07. The summed E-state index contributed by atoms with van der Waals surface area (Å²) in [7, 11) is 1.27. The van der Waals surface area contributed by atoms with Crippen LogP contribution in [-0.2, 0) is 4.79 Å². The van der Waals surface area contributed by atoms with Crippen LogP contribution in [0.15, 0.2) is 24.4 Å². The van der Waals surface area contributed by atoms with Gasteiger partial charge in [-0.05, 0) is 26.0 Å². The third-order valence-electron chi connectivity index (χ3n) is 3.61. The Kier molecular flexibility index (Phi) is 5.70. The minimum Gasteiger partial charge on any atom is -0.493 e. The van der Waals surface area contributed by atoms with Crippen molar-refractivity contribution in [2.24, 2.45) is 0 Å². The summed E-state index contributed by atoms with van der Waals surface area (Å²) in [5.74, 6) is -0.663. The van der Waals surface area contributed by atoms with Crippen LogP contribution in [0, 0.1) is 17.0 Å². The zero-order valence-corrected chi connectivity index (χ0v) is 14.1. The highest BCUT2D eigenvalue weighted by atomic mass is 19.3. The molecule has 1 N–H and O–H groups in total. The lowest BCUT2D eigenvalue weighted by molar-refractivity contribution is -0.385. The molecule has 0 aliphatic carbocycles. The monoisotopic (exact) mass is 370 g/mol. The summed E-state index contributed by atoms with van der Waals surface area (Å²) in [6.07, 6.45) is 1.07. The second-order valence-corrected chi connectivity index (χ2v) is 5.23. The number of nitrogens with zero attached hydrogens (tertiary/aromatic N) is 3. The lowest BCUT2D eigenvalue weighted by Crippen LogP contribution is -2.25. The molecule has 0 saturated heterocycles. The third-order valence-corrected chi connectivity index (χ3v) is 3.61. The van der Waals surface area contributed by atoms with E-state index in [1.807, 2.05) is 0 Å². The molecule has 0 aliphatic heterocycles. The fraction of sp³-hybridized carbons (Fsp3) is 0.333. The van der Waals surface area contributed by atoms with Crippen LogP contribution in [0.25, 0.3) is 0 Å². The van der Waals surface area contributed by atoms with Crippen molar-refractivity contribution in [2.75, 3.05) is 12.4 Å². The van der Waals surface area contributed by atoms with Crippen molar-refractivity contribution >= 4 is 17.3 Å². The molecule has 1 aromatic heterocycles. The number of aromatic nitrogens is 2. The van der Waals surface area contributed by atoms with Gasteiger partial charge in [-0.2, -0.15) is 13.9 Å². The maximum atomic E-state index is 12.4. The molecule has 9 nitrogen and oxygen atoms in total. The molecule has 11 heteroatoms. The molecule has 0 spiro atoms. The summed E-state index contributed by atoms with van der Waals surface area (Å²) in [5, 5.41) is 17.3. The van der Waals surface area contributed by atoms with Crippen LogP contribution in [-0.4, -0.2) is 34.3 Å². The number of amides is 1. The first-order valence-electron chi connectivity index (χ1n) is 7.36. The molecule has 1 heterocycles. The lowest BCUT2D eigenvalue weighted by atomic mass is 10.2. The third kappa shape index (κ3) is 4.05. The first kappa shape index (κ1) is 19.1. The van der Waals surface area contributed by atoms with Crippen LogP contribution >= 0.6 is 0 Å². The SMILES string of the molecule is COc1cc(NC(=O)C(C)n2ncc([N+](=O)[O-])c2C)ccc1OC(F)F. The highest BCUT2D eigenvalue weighted by Gasteiger charge is 2.24. The van der Waals surface area contributed by atoms with Gasteiger partial charge in [0.1, 0.15) is 17.9 Å². The van der Waals surface area contributed by atoms with Gasteiger partial charge in [-0.25, -0.2) is 0 Å². The quantitative estimate of drug-likeness (QED) is 0.593. The van der Waals surface area contributed by atoms with Gasteiger partial charge >= 0.3 is 12.3 Å². The van der Waals surface area contributed by atoms with Crippen molar-refractivity contribution in [1.82, 2.24) is 9.78 Å². The van der Waals surface area contributed by atoms with E-state index in [1.165, 1.54) is 43.8 Å². The number of carbonyl (C=O) groups excluding carboxylic acids is 1. The van der Waals surface area contributed by atoms with E-state index in [2.05, 4.69) is 15.2 Å².